The van der Waals surface area contributed by atoms with Gasteiger partial charge in [0, 0.05) is 70.5 Å². The molecule has 0 saturated carbocycles. The minimum absolute atomic E-state index is 0.00715. The van der Waals surface area contributed by atoms with Crippen LogP contribution < -0.4 is 9.47 Å². The van der Waals surface area contributed by atoms with Gasteiger partial charge in [0.05, 0.1) is 35.0 Å². The molecule has 5 heterocycles. The molecule has 1 saturated heterocycles. The van der Waals surface area contributed by atoms with E-state index in [4.69, 9.17) is 14.2 Å². The van der Waals surface area contributed by atoms with Gasteiger partial charge in [-0.05, 0) is 164 Å². The van der Waals surface area contributed by atoms with Gasteiger partial charge in [-0.15, -0.1) is 5.10 Å². The van der Waals surface area contributed by atoms with Gasteiger partial charge in [-0.2, -0.15) is 13.9 Å². The van der Waals surface area contributed by atoms with E-state index in [1.165, 1.54) is 0 Å². The van der Waals surface area contributed by atoms with Crippen LogP contribution >= 0.6 is 0 Å². The van der Waals surface area contributed by atoms with Gasteiger partial charge < -0.3 is 24.0 Å². The van der Waals surface area contributed by atoms with Crippen LogP contribution in [-0.2, 0) is 14.3 Å². The number of aromatic nitrogens is 6. The first kappa shape index (κ1) is 59.6. The van der Waals surface area contributed by atoms with Gasteiger partial charge in [0.1, 0.15) is 0 Å². The van der Waals surface area contributed by atoms with Crippen molar-refractivity contribution in [3.8, 4) is 11.8 Å². The maximum absolute atomic E-state index is 15.3. The summed E-state index contributed by atoms with van der Waals surface area (Å²) in [7, 11) is 6.95. The molecule has 0 bridgehead atoms. The van der Waals surface area contributed by atoms with Crippen molar-refractivity contribution in [1.82, 2.24) is 39.7 Å². The number of benzene rings is 4. The van der Waals surface area contributed by atoms with E-state index in [0.717, 1.165) is 132 Å². The number of rotatable bonds is 23. The Bertz CT molecular complexity index is 3490. The zero-order chi connectivity index (χ0) is 57.8. The van der Waals surface area contributed by atoms with Crippen LogP contribution in [0.5, 0.6) is 11.8 Å². The van der Waals surface area contributed by atoms with Crippen LogP contribution in [0.25, 0.3) is 44.1 Å². The van der Waals surface area contributed by atoms with Gasteiger partial charge in [0.15, 0.2) is 6.23 Å². The number of pyridine rings is 2. The highest BCUT2D eigenvalue weighted by Crippen LogP contribution is 2.39. The van der Waals surface area contributed by atoms with Crippen molar-refractivity contribution < 1.29 is 32.6 Å². The number of fused-ring (bicyclic) bond motifs is 2. The summed E-state index contributed by atoms with van der Waals surface area (Å²) in [6.07, 6.45) is 20.1. The van der Waals surface area contributed by atoms with E-state index in [2.05, 4.69) is 63.4 Å². The van der Waals surface area contributed by atoms with Crippen LogP contribution in [-0.4, -0.2) is 99.6 Å². The lowest BCUT2D eigenvalue weighted by Crippen LogP contribution is -2.19. The molecule has 2 amide bonds. The molecule has 426 valence electrons. The lowest BCUT2D eigenvalue weighted by atomic mass is 9.88. The summed E-state index contributed by atoms with van der Waals surface area (Å²) >= 11 is 0. The number of amides is 2. The molecule has 0 aliphatic carbocycles. The van der Waals surface area contributed by atoms with Gasteiger partial charge in [-0.1, -0.05) is 98.8 Å². The fourth-order valence-electron chi connectivity index (χ4n) is 9.86. The third kappa shape index (κ3) is 15.7. The SMILES string of the molecule is CC/C(=C(/c1ccc(OCCCC/C=C/C(=O)N(C)C)nc1)c1ccc2c(c1)c(F)nn2C1CCCCO1)c1ccccc1.CC/C(=C(/c1ccc(OCCCC/C=C/C(=O)N(C)C)nc1)c1ccc2n[nH]c(F)c2c1)c1ccccc1. The topological polar surface area (TPSA) is 141 Å². The molecular formula is C67H74F2N8O5. The molecule has 13 nitrogen and oxygen atoms in total. The van der Waals surface area contributed by atoms with Crippen molar-refractivity contribution in [1.29, 1.82) is 0 Å². The number of H-pyrrole nitrogens is 1. The Hall–Kier alpha value is -8.56. The highest BCUT2D eigenvalue weighted by atomic mass is 19.1. The highest BCUT2D eigenvalue weighted by molar-refractivity contribution is 6.01. The zero-order valence-electron chi connectivity index (χ0n) is 47.9. The quantitative estimate of drug-likeness (QED) is 0.0376. The van der Waals surface area contributed by atoms with Gasteiger partial charge in [0.2, 0.25) is 35.5 Å². The maximum atomic E-state index is 15.3. The molecule has 1 aliphatic heterocycles. The van der Waals surface area contributed by atoms with Crippen molar-refractivity contribution in [2.45, 2.75) is 90.7 Å². The Balaban J connectivity index is 0.000000217. The molecule has 82 heavy (non-hydrogen) atoms. The smallest absolute Gasteiger partial charge is 0.245 e. The normalized spacial score (nSPS) is 14.1. The van der Waals surface area contributed by atoms with Crippen LogP contribution in [0.1, 0.15) is 124 Å². The number of halogens is 2. The zero-order valence-corrected chi connectivity index (χ0v) is 47.9. The third-order valence-electron chi connectivity index (χ3n) is 14.2. The first-order valence-electron chi connectivity index (χ1n) is 28.4. The summed E-state index contributed by atoms with van der Waals surface area (Å²) in [4.78, 5) is 35.5. The first-order chi connectivity index (χ1) is 39.9. The Morgan fingerprint density at radius 1 is 0.634 bits per heavy atom. The Labute approximate surface area is 480 Å². The number of allylic oxidation sites excluding steroid dienone is 4. The summed E-state index contributed by atoms with van der Waals surface area (Å²) < 4.78 is 49.0. The number of ether oxygens (including phenoxy) is 3. The van der Waals surface area contributed by atoms with Crippen LogP contribution in [0, 0.1) is 11.9 Å². The number of carbonyl (C=O) groups is 2. The van der Waals surface area contributed by atoms with E-state index in [9.17, 15) is 14.0 Å². The predicted molar refractivity (Wildman–Crippen MR) is 323 cm³/mol. The van der Waals surface area contributed by atoms with Gasteiger partial charge in [-0.3, -0.25) is 14.7 Å². The number of hydrogen-bond acceptors (Lipinski definition) is 9. The minimum atomic E-state index is -0.491. The molecule has 8 aromatic rings. The molecule has 0 radical (unpaired) electrons. The predicted octanol–water partition coefficient (Wildman–Crippen LogP) is 14.5. The van der Waals surface area contributed by atoms with Crippen molar-refractivity contribution in [3.05, 3.63) is 203 Å². The highest BCUT2D eigenvalue weighted by Gasteiger charge is 2.23. The molecule has 1 aliphatic rings. The number of carbonyl (C=O) groups excluding carboxylic acids is 2. The second-order valence-corrected chi connectivity index (χ2v) is 20.4. The standard InChI is InChI=1S/C36H41FN4O3.C31H33FN4O2/c1-4-29(26-14-8-7-9-15-26)35(27-18-20-31-30(24-27)36(37)39-41(31)34-17-11-13-23-44-34)28-19-21-32(38-25-28)43-22-12-6-5-10-16-33(42)40(2)3;1-4-25(22-12-8-7-9-13-22)30(23-15-17-27-26(20-23)31(32)35-34-27)24-16-18-28(33-21-24)38-19-11-6-5-10-14-29(37)36(2)3/h7-10,14-16,18-21,24-25,34H,4-6,11-13,17,22-23H2,1-3H3;7-10,12-18,20-21H,4-6,11,19H2,1-3H3,(H,34,35)/b16-10+,35-29-;14-10+,30-25-. The molecule has 15 heteroatoms. The number of nitrogens with one attached hydrogen (secondary N) is 1. The number of likely N-dealkylation sites (N-methyl/N-ethyl adjacent to an activating group) is 2. The van der Waals surface area contributed by atoms with Gasteiger partial charge in [-0.25, -0.2) is 14.6 Å². The Morgan fingerprint density at radius 3 is 1.62 bits per heavy atom. The van der Waals surface area contributed by atoms with Crippen LogP contribution in [0.15, 0.2) is 158 Å². The molecule has 1 N–H and O–H groups in total. The van der Waals surface area contributed by atoms with Crippen molar-refractivity contribution in [3.63, 3.8) is 0 Å². The average Bonchev–Trinajstić information content (AvgIpc) is 4.09. The summed E-state index contributed by atoms with van der Waals surface area (Å²) in [5.74, 6) is 0.161. The van der Waals surface area contributed by atoms with Crippen LogP contribution in [0.3, 0.4) is 0 Å². The number of nitrogens with zero attached hydrogens (tertiary/aromatic N) is 7. The van der Waals surface area contributed by atoms with Gasteiger partial charge in [0.25, 0.3) is 0 Å². The molecule has 9 rings (SSSR count). The Morgan fingerprint density at radius 2 is 1.15 bits per heavy atom. The molecule has 0 spiro atoms. The lowest BCUT2D eigenvalue weighted by Gasteiger charge is -2.23. The van der Waals surface area contributed by atoms with E-state index in [1.54, 1.807) is 54.8 Å². The maximum Gasteiger partial charge on any atom is 0.245 e. The van der Waals surface area contributed by atoms with Crippen LogP contribution in [0.2, 0.25) is 0 Å². The van der Waals surface area contributed by atoms with Crippen LogP contribution in [0.4, 0.5) is 8.78 Å². The molecular weight excluding hydrogens is 1030 g/mol. The summed E-state index contributed by atoms with van der Waals surface area (Å²) in [5.41, 5.74) is 11.5. The van der Waals surface area contributed by atoms with Crippen molar-refractivity contribution in [2.24, 2.45) is 0 Å². The van der Waals surface area contributed by atoms with E-state index in [1.807, 2.05) is 122 Å². The molecule has 1 fully saturated rings. The van der Waals surface area contributed by atoms with E-state index < -0.39 is 11.9 Å². The average molecular weight is 1110 g/mol. The van der Waals surface area contributed by atoms with Gasteiger partial charge >= 0.3 is 0 Å². The first-order valence-corrected chi connectivity index (χ1v) is 28.4. The second kappa shape index (κ2) is 29.8. The fourth-order valence-corrected chi connectivity index (χ4v) is 9.86. The van der Waals surface area contributed by atoms with Crippen molar-refractivity contribution >= 4 is 55.9 Å². The van der Waals surface area contributed by atoms with E-state index in [-0.39, 0.29) is 18.0 Å². The van der Waals surface area contributed by atoms with Crippen molar-refractivity contribution in [2.75, 3.05) is 48.0 Å². The molecule has 4 aromatic heterocycles. The van der Waals surface area contributed by atoms with E-state index >= 15 is 4.39 Å². The largest absolute Gasteiger partial charge is 0.478 e. The molecule has 1 unspecified atom stereocenters. The second-order valence-electron chi connectivity index (χ2n) is 20.4. The third-order valence-corrected chi connectivity index (χ3v) is 14.2. The summed E-state index contributed by atoms with van der Waals surface area (Å²) in [5, 5.41) is 11.6. The fraction of sp³-hybridized carbons (Fsp3) is 0.313. The number of aromatic amines is 1. The number of hydrogen-bond donors (Lipinski definition) is 1. The van der Waals surface area contributed by atoms with E-state index in [0.29, 0.717) is 47.9 Å². The number of unbranched alkanes of at least 4 members (excludes halogenated alkanes) is 4. The minimum Gasteiger partial charge on any atom is -0.478 e. The molecule has 4 aromatic carbocycles. The monoisotopic (exact) mass is 1110 g/mol. The summed E-state index contributed by atoms with van der Waals surface area (Å²) in [6, 6.07) is 39.8. The Kier molecular flexibility index (Phi) is 21.6. The molecule has 1 atom stereocenters. The lowest BCUT2D eigenvalue weighted by molar-refractivity contribution is -0.124. The summed E-state index contributed by atoms with van der Waals surface area (Å²) in [6.45, 7) is 6.01.